The van der Waals surface area contributed by atoms with Crippen molar-refractivity contribution in [2.24, 2.45) is 5.92 Å². The maximum atomic E-state index is 13.2. The summed E-state index contributed by atoms with van der Waals surface area (Å²) in [7, 11) is 0. The molecule has 1 N–H and O–H groups in total. The molecule has 1 aromatic heterocycles. The highest BCUT2D eigenvalue weighted by molar-refractivity contribution is 6.30. The summed E-state index contributed by atoms with van der Waals surface area (Å²) in [6.07, 6.45) is 5.20. The molecule has 0 unspecified atom stereocenters. The number of likely N-dealkylation sites (tertiary alicyclic amines) is 1. The van der Waals surface area contributed by atoms with Gasteiger partial charge in [0.05, 0.1) is 17.7 Å². The molecule has 1 fully saturated rings. The Kier molecular flexibility index (Phi) is 6.52. The van der Waals surface area contributed by atoms with Crippen molar-refractivity contribution in [3.63, 3.8) is 0 Å². The van der Waals surface area contributed by atoms with Crippen molar-refractivity contribution < 1.29 is 9.21 Å². The highest BCUT2D eigenvalue weighted by Crippen LogP contribution is 2.31. The molecule has 0 bridgehead atoms. The predicted octanol–water partition coefficient (Wildman–Crippen LogP) is 5.71. The quantitative estimate of drug-likeness (QED) is 0.526. The van der Waals surface area contributed by atoms with Crippen LogP contribution in [0.5, 0.6) is 0 Å². The Hall–Kier alpha value is -2.63. The molecule has 5 nitrogen and oxygen atoms in total. The summed E-state index contributed by atoms with van der Waals surface area (Å²) in [6.45, 7) is 4.37. The van der Waals surface area contributed by atoms with Crippen molar-refractivity contribution in [2.45, 2.75) is 51.6 Å². The molecular formula is C27H30ClN3O2. The molecule has 1 aliphatic heterocycles. The van der Waals surface area contributed by atoms with Gasteiger partial charge in [-0.1, -0.05) is 35.9 Å². The predicted molar refractivity (Wildman–Crippen MR) is 130 cm³/mol. The minimum Gasteiger partial charge on any atom is -0.441 e. The van der Waals surface area contributed by atoms with Gasteiger partial charge in [0, 0.05) is 23.7 Å². The van der Waals surface area contributed by atoms with E-state index in [-0.39, 0.29) is 17.9 Å². The number of fused-ring (bicyclic) bond motifs is 1. The highest BCUT2D eigenvalue weighted by Gasteiger charge is 2.29. The fraction of sp³-hybridized carbons (Fsp3) is 0.407. The van der Waals surface area contributed by atoms with Crippen LogP contribution in [0.2, 0.25) is 5.02 Å². The van der Waals surface area contributed by atoms with Crippen LogP contribution >= 0.6 is 11.6 Å². The maximum Gasteiger partial charge on any atom is 0.226 e. The second-order valence-corrected chi connectivity index (χ2v) is 9.69. The molecule has 1 aliphatic carbocycles. The first-order valence-electron chi connectivity index (χ1n) is 11.9. The minimum absolute atomic E-state index is 0.00998. The number of hydrogen-bond donors (Lipinski definition) is 1. The molecule has 172 valence electrons. The number of nitrogens with zero attached hydrogens (tertiary/aromatic N) is 2. The van der Waals surface area contributed by atoms with Gasteiger partial charge in [-0.3, -0.25) is 9.69 Å². The number of amides is 1. The first-order chi connectivity index (χ1) is 16.1. The molecule has 1 amide bonds. The highest BCUT2D eigenvalue weighted by atomic mass is 35.5. The summed E-state index contributed by atoms with van der Waals surface area (Å²) in [5.41, 5.74) is 4.51. The number of carbonyl (C=O) groups excluding carboxylic acids is 1. The molecular weight excluding hydrogens is 434 g/mol. The van der Waals surface area contributed by atoms with Crippen LogP contribution in [0.25, 0.3) is 11.5 Å². The van der Waals surface area contributed by atoms with E-state index in [0.717, 1.165) is 62.2 Å². The van der Waals surface area contributed by atoms with Gasteiger partial charge in [-0.25, -0.2) is 4.98 Å². The molecule has 2 heterocycles. The number of carbonyl (C=O) groups is 1. The molecule has 2 aliphatic rings. The lowest BCUT2D eigenvalue weighted by Gasteiger charge is -2.33. The topological polar surface area (TPSA) is 58.4 Å². The van der Waals surface area contributed by atoms with Gasteiger partial charge in [0.15, 0.2) is 0 Å². The number of nitrogens with one attached hydrogen (secondary N) is 1. The average molecular weight is 464 g/mol. The standard InChI is InChI=1S/C27H30ClN3O2/c1-18-25(30-27(33-18)20-11-13-22(28)14-12-20)17-31-15-5-8-21(16-31)26(32)29-24-10-4-7-19-6-2-3-9-23(19)24/h2-3,6,9,11-14,21,24H,4-5,7-8,10,15-17H2,1H3,(H,29,32)/t21-,24+/m1/s1. The summed E-state index contributed by atoms with van der Waals surface area (Å²) >= 11 is 6.00. The number of aromatic nitrogens is 1. The Labute approximate surface area is 200 Å². The Balaban J connectivity index is 1.23. The number of halogens is 1. The average Bonchev–Trinajstić information content (AvgIpc) is 3.20. The zero-order valence-corrected chi connectivity index (χ0v) is 19.8. The molecule has 2 aromatic carbocycles. The van der Waals surface area contributed by atoms with Gasteiger partial charge in [-0.2, -0.15) is 0 Å². The Morgan fingerprint density at radius 3 is 2.82 bits per heavy atom. The Morgan fingerprint density at radius 2 is 1.97 bits per heavy atom. The van der Waals surface area contributed by atoms with E-state index in [4.69, 9.17) is 21.0 Å². The fourth-order valence-corrected chi connectivity index (χ4v) is 5.24. The second-order valence-electron chi connectivity index (χ2n) is 9.26. The monoisotopic (exact) mass is 463 g/mol. The van der Waals surface area contributed by atoms with Crippen LogP contribution in [0, 0.1) is 12.8 Å². The van der Waals surface area contributed by atoms with Crippen LogP contribution in [-0.4, -0.2) is 28.9 Å². The smallest absolute Gasteiger partial charge is 0.226 e. The van der Waals surface area contributed by atoms with Gasteiger partial charge in [0.25, 0.3) is 0 Å². The fourth-order valence-electron chi connectivity index (χ4n) is 5.11. The van der Waals surface area contributed by atoms with E-state index in [1.807, 2.05) is 31.2 Å². The molecule has 1 saturated heterocycles. The van der Waals surface area contributed by atoms with E-state index in [0.29, 0.717) is 17.5 Å². The van der Waals surface area contributed by atoms with Crippen molar-refractivity contribution in [3.05, 3.63) is 76.1 Å². The molecule has 0 saturated carbocycles. The van der Waals surface area contributed by atoms with Gasteiger partial charge in [-0.15, -0.1) is 0 Å². The van der Waals surface area contributed by atoms with Crippen LogP contribution in [0.1, 0.15) is 54.3 Å². The maximum absolute atomic E-state index is 13.2. The van der Waals surface area contributed by atoms with E-state index in [2.05, 4.69) is 34.5 Å². The van der Waals surface area contributed by atoms with E-state index >= 15 is 0 Å². The van der Waals surface area contributed by atoms with Crippen molar-refractivity contribution in [2.75, 3.05) is 13.1 Å². The molecule has 5 rings (SSSR count). The first kappa shape index (κ1) is 22.2. The normalized spacial score (nSPS) is 20.9. The first-order valence-corrected chi connectivity index (χ1v) is 12.3. The summed E-state index contributed by atoms with van der Waals surface area (Å²) in [5.74, 6) is 1.63. The number of hydrogen-bond acceptors (Lipinski definition) is 4. The number of benzene rings is 2. The summed E-state index contributed by atoms with van der Waals surface area (Å²) in [5, 5.41) is 4.05. The molecule has 0 radical (unpaired) electrons. The lowest BCUT2D eigenvalue weighted by molar-refractivity contribution is -0.127. The number of rotatable bonds is 5. The molecule has 6 heteroatoms. The Bertz CT molecular complexity index is 1120. The van der Waals surface area contributed by atoms with Crippen molar-refractivity contribution in [3.8, 4) is 11.5 Å². The van der Waals surface area contributed by atoms with Crippen molar-refractivity contribution in [1.82, 2.24) is 15.2 Å². The zero-order valence-electron chi connectivity index (χ0n) is 19.0. The van der Waals surface area contributed by atoms with Gasteiger partial charge < -0.3 is 9.73 Å². The third-order valence-corrected chi connectivity index (χ3v) is 7.17. The van der Waals surface area contributed by atoms with E-state index in [1.54, 1.807) is 0 Å². The Morgan fingerprint density at radius 1 is 1.15 bits per heavy atom. The summed E-state index contributed by atoms with van der Waals surface area (Å²) in [4.78, 5) is 20.2. The summed E-state index contributed by atoms with van der Waals surface area (Å²) in [6, 6.07) is 16.2. The lowest BCUT2D eigenvalue weighted by atomic mass is 9.87. The van der Waals surface area contributed by atoms with Crippen molar-refractivity contribution >= 4 is 17.5 Å². The lowest BCUT2D eigenvalue weighted by Crippen LogP contribution is -2.44. The molecule has 0 spiro atoms. The molecule has 3 aromatic rings. The zero-order chi connectivity index (χ0) is 22.8. The van der Waals surface area contributed by atoms with Crippen LogP contribution in [0.15, 0.2) is 52.9 Å². The number of piperidine rings is 1. The van der Waals surface area contributed by atoms with Crippen LogP contribution in [0.4, 0.5) is 0 Å². The van der Waals surface area contributed by atoms with Crippen LogP contribution in [-0.2, 0) is 17.8 Å². The van der Waals surface area contributed by atoms with Gasteiger partial charge in [0.2, 0.25) is 11.8 Å². The number of aryl methyl sites for hydroxylation is 2. The van der Waals surface area contributed by atoms with E-state index in [1.165, 1.54) is 11.1 Å². The second kappa shape index (κ2) is 9.70. The largest absolute Gasteiger partial charge is 0.441 e. The van der Waals surface area contributed by atoms with Crippen LogP contribution in [0.3, 0.4) is 0 Å². The van der Waals surface area contributed by atoms with Crippen molar-refractivity contribution in [1.29, 1.82) is 0 Å². The molecule has 2 atom stereocenters. The van der Waals surface area contributed by atoms with Gasteiger partial charge in [0.1, 0.15) is 5.76 Å². The third-order valence-electron chi connectivity index (χ3n) is 6.92. The van der Waals surface area contributed by atoms with E-state index < -0.39 is 0 Å². The molecule has 33 heavy (non-hydrogen) atoms. The van der Waals surface area contributed by atoms with Crippen LogP contribution < -0.4 is 5.32 Å². The minimum atomic E-state index is 0.00998. The third kappa shape index (κ3) is 4.99. The SMILES string of the molecule is Cc1oc(-c2ccc(Cl)cc2)nc1CN1CCC[C@@H](C(=O)N[C@H]2CCCc3ccccc32)C1. The van der Waals surface area contributed by atoms with Gasteiger partial charge in [-0.05, 0) is 81.0 Å². The number of oxazole rings is 1. The van der Waals surface area contributed by atoms with Gasteiger partial charge >= 0.3 is 0 Å². The van der Waals surface area contributed by atoms with E-state index in [9.17, 15) is 4.79 Å². The summed E-state index contributed by atoms with van der Waals surface area (Å²) < 4.78 is 5.93.